The predicted molar refractivity (Wildman–Crippen MR) is 248 cm³/mol. The summed E-state index contributed by atoms with van der Waals surface area (Å²) in [5.41, 5.74) is 4.63. The van der Waals surface area contributed by atoms with Crippen LogP contribution < -0.4 is 26.6 Å². The van der Waals surface area contributed by atoms with E-state index in [0.717, 1.165) is 71.5 Å². The van der Waals surface area contributed by atoms with E-state index in [-0.39, 0.29) is 80.1 Å². The Morgan fingerprint density at radius 2 is 1.59 bits per heavy atom. The Bertz CT molecular complexity index is 2290. The van der Waals surface area contributed by atoms with Gasteiger partial charge in [0.2, 0.25) is 35.4 Å². The molecule has 66 heavy (non-hydrogen) atoms. The van der Waals surface area contributed by atoms with Crippen LogP contribution in [0.15, 0.2) is 48.0 Å². The molecule has 0 radical (unpaired) electrons. The van der Waals surface area contributed by atoms with Crippen LogP contribution in [0.3, 0.4) is 0 Å². The molecule has 18 heteroatoms. The standard InChI is InChI=1S/C48H62N8O9S/c1-29-41(66-28-52-29)31-19-17-30(18-20-31)25-51-43(61)36-24-32(57)27-55(36)47(65)42(48(2,3)4)53-37(58)16-11-9-7-5-6-8-10-12-23-49-39(60)26-50-34-15-13-14-33-40(34)46(64)56(45(33)63)35-21-22-38(59)54-44(35)62/h13-15,17-20,28,32,35-36,42,50,57H,5-12,16,21-27H2,1-4H3,(H,49,60)(H,51,61)(H,53,58)(H,54,59,62)/t32-,35?,36+,42-/m1/s1. The second kappa shape index (κ2) is 22.5. The van der Waals surface area contributed by atoms with Gasteiger partial charge in [0.15, 0.2) is 0 Å². The number of anilines is 1. The third kappa shape index (κ3) is 12.5. The molecule has 4 atom stereocenters. The Hall–Kier alpha value is -6.01. The van der Waals surface area contributed by atoms with Crippen molar-refractivity contribution in [2.45, 2.75) is 136 Å². The van der Waals surface area contributed by atoms with Gasteiger partial charge in [0, 0.05) is 44.6 Å². The number of aryl methyl sites for hydroxylation is 1. The summed E-state index contributed by atoms with van der Waals surface area (Å²) in [4.78, 5) is 111. The molecule has 2 fully saturated rings. The summed E-state index contributed by atoms with van der Waals surface area (Å²) < 4.78 is 0. The molecule has 0 spiro atoms. The number of aromatic nitrogens is 1. The van der Waals surface area contributed by atoms with Gasteiger partial charge in [-0.2, -0.15) is 0 Å². The molecule has 17 nitrogen and oxygen atoms in total. The molecule has 1 unspecified atom stereocenters. The average molecular weight is 927 g/mol. The molecular weight excluding hydrogens is 865 g/mol. The summed E-state index contributed by atoms with van der Waals surface area (Å²) in [6.45, 7) is 8.22. The first kappa shape index (κ1) is 49.4. The maximum Gasteiger partial charge on any atom is 0.264 e. The Morgan fingerprint density at radius 3 is 2.26 bits per heavy atom. The minimum Gasteiger partial charge on any atom is -0.391 e. The molecule has 3 aliphatic heterocycles. The first-order valence-electron chi connectivity index (χ1n) is 22.9. The fraction of sp³-hybridized carbons (Fsp3) is 0.521. The van der Waals surface area contributed by atoms with Crippen LogP contribution in [-0.2, 0) is 35.3 Å². The van der Waals surface area contributed by atoms with Gasteiger partial charge in [0.25, 0.3) is 11.8 Å². The fourth-order valence-electron chi connectivity index (χ4n) is 8.61. The number of amides is 8. The number of carbonyl (C=O) groups is 8. The highest BCUT2D eigenvalue weighted by Gasteiger charge is 2.46. The van der Waals surface area contributed by atoms with E-state index < -0.39 is 53.3 Å². The molecule has 0 saturated carbocycles. The van der Waals surface area contributed by atoms with Gasteiger partial charge in [-0.25, -0.2) is 4.98 Å². The van der Waals surface area contributed by atoms with Gasteiger partial charge < -0.3 is 31.3 Å². The number of piperidine rings is 1. The summed E-state index contributed by atoms with van der Waals surface area (Å²) in [7, 11) is 0. The van der Waals surface area contributed by atoms with E-state index in [1.807, 2.05) is 57.5 Å². The van der Waals surface area contributed by atoms with Crippen molar-refractivity contribution < 1.29 is 43.5 Å². The average Bonchev–Trinajstić information content (AvgIpc) is 3.97. The Kier molecular flexibility index (Phi) is 16.8. The minimum absolute atomic E-state index is 0.0106. The number of thiazole rings is 1. The summed E-state index contributed by atoms with van der Waals surface area (Å²) in [6.07, 6.45) is 6.82. The first-order valence-corrected chi connectivity index (χ1v) is 23.8. The Labute approximate surface area is 389 Å². The number of aliphatic hydroxyl groups is 1. The van der Waals surface area contributed by atoms with Crippen molar-refractivity contribution in [2.24, 2.45) is 5.41 Å². The van der Waals surface area contributed by atoms with Crippen molar-refractivity contribution >= 4 is 64.3 Å². The maximum atomic E-state index is 14.0. The Morgan fingerprint density at radius 1 is 0.894 bits per heavy atom. The number of hydrogen-bond donors (Lipinski definition) is 6. The second-order valence-corrected chi connectivity index (χ2v) is 19.3. The molecule has 6 rings (SSSR count). The van der Waals surface area contributed by atoms with E-state index >= 15 is 0 Å². The molecular formula is C48H62N8O9S. The number of imide groups is 2. The molecule has 354 valence electrons. The van der Waals surface area contributed by atoms with Crippen LogP contribution in [0, 0.1) is 12.3 Å². The van der Waals surface area contributed by atoms with Gasteiger partial charge in [-0.3, -0.25) is 48.6 Å². The quantitative estimate of drug-likeness (QED) is 0.0649. The lowest BCUT2D eigenvalue weighted by Gasteiger charge is -2.35. The number of nitrogens with one attached hydrogen (secondary N) is 5. The number of fused-ring (bicyclic) bond motifs is 1. The molecule has 2 aromatic carbocycles. The first-order chi connectivity index (χ1) is 31.5. The second-order valence-electron chi connectivity index (χ2n) is 18.4. The highest BCUT2D eigenvalue weighted by molar-refractivity contribution is 7.13. The number of benzene rings is 2. The zero-order valence-corrected chi connectivity index (χ0v) is 39.0. The highest BCUT2D eigenvalue weighted by Crippen LogP contribution is 2.33. The minimum atomic E-state index is -1.07. The van der Waals surface area contributed by atoms with Crippen LogP contribution in [0.4, 0.5) is 5.69 Å². The molecule has 2 saturated heterocycles. The normalized spacial score (nSPS) is 18.8. The summed E-state index contributed by atoms with van der Waals surface area (Å²) in [5.74, 6) is -3.64. The van der Waals surface area contributed by atoms with Crippen LogP contribution in [-0.4, -0.2) is 111 Å². The molecule has 4 heterocycles. The van der Waals surface area contributed by atoms with E-state index in [1.165, 1.54) is 11.0 Å². The number of β-amino-alcohol motifs (C(OH)–C–C–N with tert-alkyl or cyclic N) is 1. The van der Waals surface area contributed by atoms with Crippen molar-refractivity contribution in [2.75, 3.05) is 25.0 Å². The van der Waals surface area contributed by atoms with E-state index in [4.69, 9.17) is 0 Å². The number of rotatable bonds is 21. The maximum absolute atomic E-state index is 14.0. The zero-order chi connectivity index (χ0) is 47.5. The summed E-state index contributed by atoms with van der Waals surface area (Å²) in [5, 5.41) is 24.4. The fourth-order valence-corrected chi connectivity index (χ4v) is 9.42. The molecule has 0 aliphatic carbocycles. The smallest absolute Gasteiger partial charge is 0.264 e. The van der Waals surface area contributed by atoms with Crippen molar-refractivity contribution in [3.05, 3.63) is 70.4 Å². The Balaban J connectivity index is 0.832. The number of likely N-dealkylation sites (tertiary alicyclic amines) is 1. The number of carbonyl (C=O) groups excluding carboxylic acids is 8. The lowest BCUT2D eigenvalue weighted by molar-refractivity contribution is -0.144. The topological polar surface area (TPSA) is 236 Å². The largest absolute Gasteiger partial charge is 0.391 e. The van der Waals surface area contributed by atoms with Crippen LogP contribution in [0.25, 0.3) is 10.4 Å². The van der Waals surface area contributed by atoms with Crippen molar-refractivity contribution in [1.29, 1.82) is 0 Å². The third-order valence-corrected chi connectivity index (χ3v) is 13.2. The van der Waals surface area contributed by atoms with Gasteiger partial charge in [0.1, 0.15) is 18.1 Å². The summed E-state index contributed by atoms with van der Waals surface area (Å²) >= 11 is 1.57. The van der Waals surface area contributed by atoms with Crippen molar-refractivity contribution in [1.82, 2.24) is 36.1 Å². The zero-order valence-electron chi connectivity index (χ0n) is 38.2. The van der Waals surface area contributed by atoms with Crippen LogP contribution >= 0.6 is 11.3 Å². The van der Waals surface area contributed by atoms with E-state index in [9.17, 15) is 43.5 Å². The van der Waals surface area contributed by atoms with E-state index in [0.29, 0.717) is 18.7 Å². The van der Waals surface area contributed by atoms with Gasteiger partial charge >= 0.3 is 0 Å². The lowest BCUT2D eigenvalue weighted by Crippen LogP contribution is -2.57. The summed E-state index contributed by atoms with van der Waals surface area (Å²) in [6, 6.07) is 9.76. The number of aliphatic hydroxyl groups excluding tert-OH is 1. The SMILES string of the molecule is Cc1ncsc1-c1ccc(CNC(=O)[C@@H]2C[C@@H](O)CN2C(=O)[C@@H](NC(=O)CCCCCCCCCCNC(=O)CNc2cccc3c2C(=O)N(C2CCC(=O)NC2=O)C3=O)C(C)(C)C)cc1. The third-order valence-electron chi connectivity index (χ3n) is 12.3. The van der Waals surface area contributed by atoms with Crippen LogP contribution in [0.1, 0.15) is 130 Å². The number of unbranched alkanes of at least 4 members (excludes halogenated alkanes) is 7. The molecule has 6 N–H and O–H groups in total. The molecule has 0 bridgehead atoms. The molecule has 3 aromatic rings. The van der Waals surface area contributed by atoms with Crippen LogP contribution in [0.2, 0.25) is 0 Å². The van der Waals surface area contributed by atoms with Gasteiger partial charge in [-0.05, 0) is 54.9 Å². The van der Waals surface area contributed by atoms with E-state index in [1.54, 1.807) is 23.5 Å². The lowest BCUT2D eigenvalue weighted by atomic mass is 9.85. The van der Waals surface area contributed by atoms with Crippen molar-refractivity contribution in [3.63, 3.8) is 0 Å². The predicted octanol–water partition coefficient (Wildman–Crippen LogP) is 4.37. The monoisotopic (exact) mass is 926 g/mol. The van der Waals surface area contributed by atoms with Gasteiger partial charge in [-0.15, -0.1) is 11.3 Å². The van der Waals surface area contributed by atoms with Crippen molar-refractivity contribution in [3.8, 4) is 10.4 Å². The molecule has 3 aliphatic rings. The number of hydrogen-bond acceptors (Lipinski definition) is 12. The van der Waals surface area contributed by atoms with Crippen LogP contribution in [0.5, 0.6) is 0 Å². The number of nitrogens with zero attached hydrogens (tertiary/aromatic N) is 3. The molecule has 8 amide bonds. The highest BCUT2D eigenvalue weighted by atomic mass is 32.1. The molecule has 1 aromatic heterocycles. The van der Waals surface area contributed by atoms with Gasteiger partial charge in [0.05, 0.1) is 39.9 Å². The van der Waals surface area contributed by atoms with E-state index in [2.05, 4.69) is 31.6 Å². The van der Waals surface area contributed by atoms with Gasteiger partial charge in [-0.1, -0.05) is 89.6 Å².